The number of para-hydroxylation sites is 5. The molecule has 8 heteroatoms. The van der Waals surface area contributed by atoms with Crippen molar-refractivity contribution in [1.29, 1.82) is 5.26 Å². The van der Waals surface area contributed by atoms with Gasteiger partial charge in [0.25, 0.3) is 0 Å². The van der Waals surface area contributed by atoms with E-state index in [1.807, 2.05) is 6.07 Å². The van der Waals surface area contributed by atoms with Crippen molar-refractivity contribution in [2.24, 2.45) is 34.0 Å². The van der Waals surface area contributed by atoms with Crippen molar-refractivity contribution in [2.75, 3.05) is 37.0 Å². The van der Waals surface area contributed by atoms with Gasteiger partial charge in [0, 0.05) is 113 Å². The Bertz CT molecular complexity index is 3920. The van der Waals surface area contributed by atoms with E-state index < -0.39 is 5.67 Å². The monoisotopic (exact) mass is 1130 g/mol. The molecule has 5 heterocycles. The second-order valence-corrected chi connectivity index (χ2v) is 31.3. The highest BCUT2D eigenvalue weighted by Crippen LogP contribution is 2.75. The molecule has 0 amide bonds. The van der Waals surface area contributed by atoms with Crippen LogP contribution in [-0.2, 0) is 29.5 Å². The van der Waals surface area contributed by atoms with Crippen LogP contribution in [0.5, 0.6) is 0 Å². The third-order valence-corrected chi connectivity index (χ3v) is 25.1. The van der Waals surface area contributed by atoms with E-state index >= 15 is 0 Å². The van der Waals surface area contributed by atoms with E-state index in [2.05, 4.69) is 214 Å². The molecule has 18 aliphatic carbocycles. The van der Waals surface area contributed by atoms with Crippen molar-refractivity contribution in [1.82, 2.24) is 18.6 Å². The van der Waals surface area contributed by atoms with Crippen molar-refractivity contribution in [3.05, 3.63) is 182 Å². The van der Waals surface area contributed by atoms with Crippen LogP contribution in [0.25, 0.3) is 32.7 Å². The lowest BCUT2D eigenvalue weighted by molar-refractivity contribution is -0.211. The molecular formula is C77H86FN7. The van der Waals surface area contributed by atoms with Gasteiger partial charge in [-0.15, -0.1) is 0 Å². The lowest BCUT2D eigenvalue weighted by Gasteiger charge is -2.72. The number of hydrogen-bond donors (Lipinski definition) is 0. The first kappa shape index (κ1) is 52.7. The van der Waals surface area contributed by atoms with Gasteiger partial charge in [-0.05, 0) is 221 Å². The Morgan fingerprint density at radius 3 is 1.39 bits per heavy atom. The Labute approximate surface area is 503 Å². The van der Waals surface area contributed by atoms with E-state index in [1.54, 1.807) is 5.56 Å². The van der Waals surface area contributed by atoms with Gasteiger partial charge in [-0.3, -0.25) is 0 Å². The zero-order chi connectivity index (χ0) is 57.4. The van der Waals surface area contributed by atoms with Crippen LogP contribution in [0.4, 0.5) is 15.8 Å². The van der Waals surface area contributed by atoms with Crippen LogP contribution in [-0.4, -0.2) is 62.5 Å². The topological polar surface area (TPSA) is 48.3 Å². The first-order valence-electron chi connectivity index (χ1n) is 33.0. The highest BCUT2D eigenvalue weighted by atomic mass is 19.1. The van der Waals surface area contributed by atoms with E-state index in [0.717, 1.165) is 73.5 Å². The SMILES string of the molecule is C=C1Cc2ccccc2N1C12CC(C1)C2.CCC12CC(CN(C)C)(C1)C2.FC12CC(n3ccc4ccccc43)(C1)C2.N#CC12CC(n3ccc4ccccc43)(C1)C2.c1ccc2c(c1)CCN2C12CC(C1)C2.c1ccc2c(c1)ccn2C12CC(C1)C2. The smallest absolute Gasteiger partial charge is 0.117 e. The summed E-state index contributed by atoms with van der Waals surface area (Å²) in [6.45, 7) is 9.19. The number of benzene rings is 5. The molecule has 0 atom stereocenters. The van der Waals surface area contributed by atoms with E-state index in [-0.39, 0.29) is 16.5 Å². The van der Waals surface area contributed by atoms with Crippen LogP contribution in [0.2, 0.25) is 0 Å². The molecule has 28 rings (SSSR count). The molecule has 0 spiro atoms. The van der Waals surface area contributed by atoms with Crippen molar-refractivity contribution >= 4 is 44.1 Å². The van der Waals surface area contributed by atoms with Crippen LogP contribution in [0.3, 0.4) is 0 Å². The normalized spacial score (nSPS) is 37.4. The molecule has 18 fully saturated rings. The number of allylic oxidation sites excluding steroid dienone is 1. The van der Waals surface area contributed by atoms with Crippen LogP contribution >= 0.6 is 0 Å². The average Bonchev–Trinajstić information content (AvgIpc) is 1.45. The number of alkyl halides is 1. The predicted octanol–water partition coefficient (Wildman–Crippen LogP) is 17.3. The predicted molar refractivity (Wildman–Crippen MR) is 344 cm³/mol. The van der Waals surface area contributed by atoms with Gasteiger partial charge in [-0.25, -0.2) is 4.39 Å². The highest BCUT2D eigenvalue weighted by Gasteiger charge is 2.71. The molecule has 0 unspecified atom stereocenters. The molecule has 12 bridgehead atoms. The molecule has 20 aliphatic rings. The number of fused-ring (bicyclic) bond motifs is 5. The third kappa shape index (κ3) is 7.88. The summed E-state index contributed by atoms with van der Waals surface area (Å²) in [5.74, 6) is 3.17. The maximum Gasteiger partial charge on any atom is 0.117 e. The minimum absolute atomic E-state index is 0.0331. The van der Waals surface area contributed by atoms with Gasteiger partial charge < -0.3 is 28.4 Å². The molecule has 85 heavy (non-hydrogen) atoms. The lowest BCUT2D eigenvalue weighted by Crippen LogP contribution is -2.69. The zero-order valence-electron chi connectivity index (χ0n) is 50.7. The molecule has 8 aromatic rings. The molecular weight excluding hydrogens is 1040 g/mol. The summed E-state index contributed by atoms with van der Waals surface area (Å²) >= 11 is 0. The summed E-state index contributed by atoms with van der Waals surface area (Å²) in [4.78, 5) is 7.59. The minimum atomic E-state index is -0.814. The number of nitriles is 1. The van der Waals surface area contributed by atoms with Crippen molar-refractivity contribution in [3.63, 3.8) is 0 Å². The van der Waals surface area contributed by atoms with Crippen LogP contribution < -0.4 is 9.80 Å². The first-order valence-corrected chi connectivity index (χ1v) is 33.0. The Morgan fingerprint density at radius 2 is 0.941 bits per heavy atom. The maximum absolute atomic E-state index is 13.5. The number of hydrogen-bond acceptors (Lipinski definition) is 4. The van der Waals surface area contributed by atoms with Gasteiger partial charge in [-0.2, -0.15) is 5.26 Å². The fraction of sp³-hybridized carbons (Fsp3) is 0.494. The van der Waals surface area contributed by atoms with E-state index in [4.69, 9.17) is 5.26 Å². The summed E-state index contributed by atoms with van der Waals surface area (Å²) in [5.41, 5.74) is 14.2. The first-order chi connectivity index (χ1) is 41.1. The summed E-state index contributed by atoms with van der Waals surface area (Å²) in [6.07, 6.45) is 33.1. The third-order valence-electron chi connectivity index (χ3n) is 25.1. The van der Waals surface area contributed by atoms with Gasteiger partial charge in [-0.1, -0.05) is 111 Å². The van der Waals surface area contributed by atoms with Gasteiger partial charge in [0.2, 0.25) is 0 Å². The van der Waals surface area contributed by atoms with Crippen LogP contribution in [0.1, 0.15) is 140 Å². The molecule has 3 aromatic heterocycles. The highest BCUT2D eigenvalue weighted by molar-refractivity contribution is 5.82. The molecule has 18 saturated carbocycles. The van der Waals surface area contributed by atoms with E-state index in [9.17, 15) is 4.39 Å². The maximum atomic E-state index is 13.5. The Kier molecular flexibility index (Phi) is 11.3. The second kappa shape index (κ2) is 18.3. The zero-order valence-corrected chi connectivity index (χ0v) is 50.7. The summed E-state index contributed by atoms with van der Waals surface area (Å²) in [7, 11) is 4.39. The summed E-state index contributed by atoms with van der Waals surface area (Å²) in [5, 5.41) is 13.0. The van der Waals surface area contributed by atoms with Gasteiger partial charge in [0.15, 0.2) is 0 Å². The molecule has 0 N–H and O–H groups in total. The van der Waals surface area contributed by atoms with Gasteiger partial charge in [0.1, 0.15) is 5.67 Å². The fourth-order valence-electron chi connectivity index (χ4n) is 20.9. The number of nitrogens with zero attached hydrogens (tertiary/aromatic N) is 7. The van der Waals surface area contributed by atoms with Crippen LogP contribution in [0.15, 0.2) is 170 Å². The van der Waals surface area contributed by atoms with Crippen molar-refractivity contribution in [2.45, 2.75) is 175 Å². The number of rotatable bonds is 8. The fourth-order valence-corrected chi connectivity index (χ4v) is 20.9. The number of anilines is 2. The Balaban J connectivity index is 0.0000000803. The van der Waals surface area contributed by atoms with Crippen molar-refractivity contribution < 1.29 is 4.39 Å². The number of halogens is 1. The molecule has 0 radical (unpaired) electrons. The molecule has 436 valence electrons. The second-order valence-electron chi connectivity index (χ2n) is 31.3. The standard InChI is InChI=1S/C14H12N2.C14H15N.C13H12FN.C13H15N.C13H13N.C10H19N/c15-10-13-7-14(8-13,9-13)16-6-5-11-3-1-2-4-12(11)16;1-10-6-12-4-2-3-5-13(12)15(10)14-7-11(8-14)9-14;14-12-7-13(8-12,9-12)15-6-5-10-3-1-2-4-11(10)15;2*1-2-4-12-11(3-1)5-6-14(12)13-7-10(8-13)9-13;1-4-9-5-10(6-9,7-9)8-11(2)3/h1-6H,7-9H2;2-5,11H,1,6-9H2;1-6H,7-9H2;1-4,10H,5-9H2;1-6,10H,7-9H2;4-8H2,1-3H3. The Hall–Kier alpha value is -6.56. The van der Waals surface area contributed by atoms with E-state index in [1.165, 1.54) is 158 Å². The molecule has 7 nitrogen and oxygen atoms in total. The minimum Gasteiger partial charge on any atom is -0.365 e. The van der Waals surface area contributed by atoms with Gasteiger partial charge >= 0.3 is 0 Å². The Morgan fingerprint density at radius 1 is 0.506 bits per heavy atom. The van der Waals surface area contributed by atoms with Gasteiger partial charge in [0.05, 0.1) is 17.0 Å². The summed E-state index contributed by atoms with van der Waals surface area (Å²) < 4.78 is 20.7. The molecule has 5 aromatic carbocycles. The average molecular weight is 1130 g/mol. The molecule has 0 saturated heterocycles. The summed E-state index contributed by atoms with van der Waals surface area (Å²) in [6, 6.07) is 52.3. The van der Waals surface area contributed by atoms with E-state index in [0.29, 0.717) is 16.6 Å². The number of aromatic nitrogens is 3. The van der Waals surface area contributed by atoms with Crippen LogP contribution in [0, 0.1) is 45.3 Å². The lowest BCUT2D eigenvalue weighted by atomic mass is 9.34. The van der Waals surface area contributed by atoms with Crippen molar-refractivity contribution in [3.8, 4) is 6.07 Å². The largest absolute Gasteiger partial charge is 0.365 e. The quantitative estimate of drug-likeness (QED) is 0.152. The molecule has 2 aliphatic heterocycles.